The zero-order valence-corrected chi connectivity index (χ0v) is 15.9. The van der Waals surface area contributed by atoms with E-state index in [0.29, 0.717) is 30.1 Å². The number of carbonyl (C=O) groups excluding carboxylic acids is 3. The second kappa shape index (κ2) is 7.04. The molecule has 0 unspecified atom stereocenters. The van der Waals surface area contributed by atoms with E-state index in [2.05, 4.69) is 0 Å². The van der Waals surface area contributed by atoms with E-state index >= 15 is 0 Å². The Morgan fingerprint density at radius 1 is 1.11 bits per heavy atom. The molecular formula is C21H24N2O5. The number of aliphatic carboxylic acids is 1. The van der Waals surface area contributed by atoms with Crippen molar-refractivity contribution in [2.45, 2.75) is 32.6 Å². The third-order valence-electron chi connectivity index (χ3n) is 6.15. The zero-order valence-electron chi connectivity index (χ0n) is 15.9. The lowest BCUT2D eigenvalue weighted by molar-refractivity contribution is -0.142. The topological polar surface area (TPSA) is 95.0 Å². The van der Waals surface area contributed by atoms with Crippen molar-refractivity contribution in [2.75, 3.05) is 19.6 Å². The van der Waals surface area contributed by atoms with Gasteiger partial charge < -0.3 is 10.0 Å². The number of unbranched alkanes of at least 4 members (excludes halogenated alkanes) is 1. The second-order valence-corrected chi connectivity index (χ2v) is 8.03. The summed E-state index contributed by atoms with van der Waals surface area (Å²) in [6, 6.07) is 4.60. The van der Waals surface area contributed by atoms with Gasteiger partial charge >= 0.3 is 5.97 Å². The monoisotopic (exact) mass is 384 g/mol. The minimum atomic E-state index is -0.853. The molecule has 2 atom stereocenters. The van der Waals surface area contributed by atoms with Crippen LogP contribution in [0.15, 0.2) is 18.2 Å². The maximum atomic E-state index is 13.0. The number of hydrogen-bond donors (Lipinski definition) is 1. The van der Waals surface area contributed by atoms with Gasteiger partial charge in [0.25, 0.3) is 17.7 Å². The average molecular weight is 384 g/mol. The lowest BCUT2D eigenvalue weighted by Crippen LogP contribution is -2.30. The van der Waals surface area contributed by atoms with E-state index in [-0.39, 0.29) is 35.7 Å². The maximum Gasteiger partial charge on any atom is 0.308 e. The SMILES string of the molecule is CCCCN1C(=O)c2ccc(C(=O)N3C[C@H](C(=O)O)[C@@H](C4CC4)C3)cc2C1=O. The number of imide groups is 1. The highest BCUT2D eigenvalue weighted by atomic mass is 16.4. The number of carbonyl (C=O) groups is 4. The molecule has 0 aromatic heterocycles. The molecule has 28 heavy (non-hydrogen) atoms. The normalized spacial score (nSPS) is 24.0. The number of likely N-dealkylation sites (tertiary alicyclic amines) is 1. The van der Waals surface area contributed by atoms with E-state index in [9.17, 15) is 24.3 Å². The molecule has 0 spiro atoms. The van der Waals surface area contributed by atoms with Crippen LogP contribution >= 0.6 is 0 Å². The first-order valence-electron chi connectivity index (χ1n) is 9.94. The van der Waals surface area contributed by atoms with Crippen LogP contribution in [0.2, 0.25) is 0 Å². The Kier molecular flexibility index (Phi) is 4.69. The number of rotatable bonds is 6. The van der Waals surface area contributed by atoms with Crippen LogP contribution in [-0.2, 0) is 4.79 Å². The molecule has 7 nitrogen and oxygen atoms in total. The van der Waals surface area contributed by atoms with Gasteiger partial charge in [-0.3, -0.25) is 24.1 Å². The fraction of sp³-hybridized carbons (Fsp3) is 0.524. The zero-order chi connectivity index (χ0) is 20.0. The summed E-state index contributed by atoms with van der Waals surface area (Å²) in [6.45, 7) is 3.00. The number of carboxylic acid groups (broad SMARTS) is 1. The fourth-order valence-corrected chi connectivity index (χ4v) is 4.38. The van der Waals surface area contributed by atoms with Crippen molar-refractivity contribution in [3.8, 4) is 0 Å². The van der Waals surface area contributed by atoms with Crippen molar-refractivity contribution in [1.82, 2.24) is 9.80 Å². The minimum absolute atomic E-state index is 0.00335. The highest BCUT2D eigenvalue weighted by Crippen LogP contribution is 2.44. The highest BCUT2D eigenvalue weighted by molar-refractivity contribution is 6.22. The van der Waals surface area contributed by atoms with Crippen molar-refractivity contribution < 1.29 is 24.3 Å². The Hall–Kier alpha value is -2.70. The van der Waals surface area contributed by atoms with Crippen molar-refractivity contribution in [2.24, 2.45) is 17.8 Å². The van der Waals surface area contributed by atoms with Gasteiger partial charge in [-0.15, -0.1) is 0 Å². The molecule has 7 heteroatoms. The third-order valence-corrected chi connectivity index (χ3v) is 6.15. The molecule has 2 fully saturated rings. The summed E-state index contributed by atoms with van der Waals surface area (Å²) < 4.78 is 0. The Labute approximate surface area is 163 Å². The van der Waals surface area contributed by atoms with Gasteiger partial charge in [-0.05, 0) is 49.3 Å². The van der Waals surface area contributed by atoms with E-state index in [4.69, 9.17) is 0 Å². The van der Waals surface area contributed by atoms with E-state index < -0.39 is 11.9 Å². The molecule has 1 aliphatic carbocycles. The summed E-state index contributed by atoms with van der Waals surface area (Å²) in [6.07, 6.45) is 3.67. The molecule has 1 N–H and O–H groups in total. The van der Waals surface area contributed by atoms with Gasteiger partial charge in [0.1, 0.15) is 0 Å². The molecule has 3 aliphatic rings. The van der Waals surface area contributed by atoms with Gasteiger partial charge in [-0.25, -0.2) is 0 Å². The summed E-state index contributed by atoms with van der Waals surface area (Å²) >= 11 is 0. The van der Waals surface area contributed by atoms with Gasteiger partial charge in [0.05, 0.1) is 17.0 Å². The molecule has 148 valence electrons. The summed E-state index contributed by atoms with van der Waals surface area (Å²) in [4.78, 5) is 52.4. The van der Waals surface area contributed by atoms with Crippen molar-refractivity contribution in [1.29, 1.82) is 0 Å². The summed E-state index contributed by atoms with van der Waals surface area (Å²) in [5, 5.41) is 9.50. The quantitative estimate of drug-likeness (QED) is 0.759. The van der Waals surface area contributed by atoms with Crippen molar-refractivity contribution >= 4 is 23.7 Å². The molecular weight excluding hydrogens is 360 g/mol. The van der Waals surface area contributed by atoms with E-state index in [0.717, 1.165) is 25.7 Å². The smallest absolute Gasteiger partial charge is 0.308 e. The van der Waals surface area contributed by atoms with Crippen LogP contribution in [0.1, 0.15) is 63.7 Å². The molecule has 4 rings (SSSR count). The van der Waals surface area contributed by atoms with Gasteiger partial charge in [-0.2, -0.15) is 0 Å². The van der Waals surface area contributed by atoms with Gasteiger partial charge in [0.2, 0.25) is 0 Å². The average Bonchev–Trinajstić information content (AvgIpc) is 3.39. The van der Waals surface area contributed by atoms with Crippen LogP contribution in [0.25, 0.3) is 0 Å². The number of benzene rings is 1. The number of nitrogens with zero attached hydrogens (tertiary/aromatic N) is 2. The first-order chi connectivity index (χ1) is 13.4. The predicted molar refractivity (Wildman–Crippen MR) is 100.0 cm³/mol. The molecule has 1 aromatic carbocycles. The van der Waals surface area contributed by atoms with Gasteiger partial charge in [0, 0.05) is 25.2 Å². The maximum absolute atomic E-state index is 13.0. The van der Waals surface area contributed by atoms with E-state index in [1.54, 1.807) is 11.0 Å². The fourth-order valence-electron chi connectivity index (χ4n) is 4.38. The lowest BCUT2D eigenvalue weighted by atomic mass is 9.92. The Balaban J connectivity index is 1.54. The summed E-state index contributed by atoms with van der Waals surface area (Å²) in [7, 11) is 0. The van der Waals surface area contributed by atoms with Crippen LogP contribution in [0.5, 0.6) is 0 Å². The van der Waals surface area contributed by atoms with E-state index in [1.165, 1.54) is 17.0 Å². The minimum Gasteiger partial charge on any atom is -0.481 e. The number of amides is 3. The van der Waals surface area contributed by atoms with Gasteiger partial charge in [-0.1, -0.05) is 13.3 Å². The molecule has 0 radical (unpaired) electrons. The summed E-state index contributed by atoms with van der Waals surface area (Å²) in [5.41, 5.74) is 0.927. The summed E-state index contributed by atoms with van der Waals surface area (Å²) in [5.74, 6) is -1.93. The predicted octanol–water partition coefficient (Wildman–Crippen LogP) is 2.27. The second-order valence-electron chi connectivity index (χ2n) is 8.03. The standard InChI is InChI=1S/C21H24N2O5/c1-2-3-8-23-19(25)14-7-6-13(9-15(14)20(23)26)18(24)22-10-16(12-4-5-12)17(11-22)21(27)28/h6-7,9,12,16-17H,2-5,8,10-11H2,1H3,(H,27,28)/t16-,17+/m1/s1. The lowest BCUT2D eigenvalue weighted by Gasteiger charge is -2.16. The first kappa shape index (κ1) is 18.7. The van der Waals surface area contributed by atoms with Crippen LogP contribution in [0.4, 0.5) is 0 Å². The van der Waals surface area contributed by atoms with Crippen LogP contribution in [0.3, 0.4) is 0 Å². The third kappa shape index (κ3) is 3.08. The molecule has 1 saturated carbocycles. The van der Waals surface area contributed by atoms with Crippen molar-refractivity contribution in [3.05, 3.63) is 34.9 Å². The Bertz CT molecular complexity index is 860. The molecule has 2 aliphatic heterocycles. The van der Waals surface area contributed by atoms with Crippen molar-refractivity contribution in [3.63, 3.8) is 0 Å². The number of carboxylic acids is 1. The number of fused-ring (bicyclic) bond motifs is 1. The van der Waals surface area contributed by atoms with Crippen LogP contribution < -0.4 is 0 Å². The molecule has 3 amide bonds. The first-order valence-corrected chi connectivity index (χ1v) is 9.94. The van der Waals surface area contributed by atoms with E-state index in [1.807, 2.05) is 6.92 Å². The van der Waals surface area contributed by atoms with Crippen LogP contribution in [0, 0.1) is 17.8 Å². The Morgan fingerprint density at radius 2 is 1.82 bits per heavy atom. The molecule has 1 aromatic rings. The van der Waals surface area contributed by atoms with Crippen LogP contribution in [-0.4, -0.2) is 58.2 Å². The highest BCUT2D eigenvalue weighted by Gasteiger charge is 2.47. The number of hydrogen-bond acceptors (Lipinski definition) is 4. The molecule has 0 bridgehead atoms. The molecule has 2 heterocycles. The molecule has 1 saturated heterocycles. The van der Waals surface area contributed by atoms with Gasteiger partial charge in [0.15, 0.2) is 0 Å². The Morgan fingerprint density at radius 3 is 2.46 bits per heavy atom. The largest absolute Gasteiger partial charge is 0.481 e.